The van der Waals surface area contributed by atoms with Gasteiger partial charge in [-0.25, -0.2) is 4.79 Å². The van der Waals surface area contributed by atoms with E-state index < -0.39 is 8.61 Å². The molecule has 0 radical (unpaired) electrons. The maximum Gasteiger partial charge on any atom is 0.323 e. The van der Waals surface area contributed by atoms with Gasteiger partial charge in [-0.3, -0.25) is 4.67 Å². The largest absolute Gasteiger partial charge is 0.335 e. The van der Waals surface area contributed by atoms with E-state index in [-0.39, 0.29) is 12.1 Å². The predicted octanol–water partition coefficient (Wildman–Crippen LogP) is 3.33. The van der Waals surface area contributed by atoms with E-state index in [0.717, 1.165) is 38.5 Å². The van der Waals surface area contributed by atoms with Crippen molar-refractivity contribution in [1.29, 1.82) is 0 Å². The SMILES string of the molecule is O=[PH2]N(C(=O)NC1CCCCC1)C1CCCCC1. The summed E-state index contributed by atoms with van der Waals surface area (Å²) in [7, 11) is -1.14. The molecular formula is C13H25N2O2P. The van der Waals surface area contributed by atoms with Crippen molar-refractivity contribution in [3.8, 4) is 0 Å². The van der Waals surface area contributed by atoms with Crippen LogP contribution in [-0.4, -0.2) is 22.8 Å². The number of urea groups is 1. The summed E-state index contributed by atoms with van der Waals surface area (Å²) in [5.41, 5.74) is 0. The van der Waals surface area contributed by atoms with Crippen molar-refractivity contribution in [2.24, 2.45) is 0 Å². The molecule has 0 heterocycles. The van der Waals surface area contributed by atoms with Crippen molar-refractivity contribution in [1.82, 2.24) is 9.99 Å². The third-order valence-electron chi connectivity index (χ3n) is 4.25. The molecule has 0 aromatic rings. The Morgan fingerprint density at radius 2 is 1.50 bits per heavy atom. The number of nitrogens with one attached hydrogen (secondary N) is 1. The summed E-state index contributed by atoms with van der Waals surface area (Å²) in [6.07, 6.45) is 11.5. The minimum Gasteiger partial charge on any atom is -0.335 e. The molecule has 0 saturated heterocycles. The lowest BCUT2D eigenvalue weighted by molar-refractivity contribution is 0.195. The monoisotopic (exact) mass is 272 g/mol. The van der Waals surface area contributed by atoms with Crippen LogP contribution in [0, 0.1) is 0 Å². The van der Waals surface area contributed by atoms with Crippen LogP contribution < -0.4 is 5.32 Å². The van der Waals surface area contributed by atoms with Crippen LogP contribution in [0.15, 0.2) is 0 Å². The third kappa shape index (κ3) is 3.74. The molecule has 1 unspecified atom stereocenters. The molecule has 5 heteroatoms. The maximum absolute atomic E-state index is 12.2. The van der Waals surface area contributed by atoms with Crippen molar-refractivity contribution >= 4 is 14.6 Å². The molecule has 2 aliphatic rings. The van der Waals surface area contributed by atoms with Crippen LogP contribution in [0.5, 0.6) is 0 Å². The summed E-state index contributed by atoms with van der Waals surface area (Å²) in [4.78, 5) is 12.2. The quantitative estimate of drug-likeness (QED) is 0.801. The lowest BCUT2D eigenvalue weighted by Crippen LogP contribution is -2.45. The van der Waals surface area contributed by atoms with Gasteiger partial charge in [0.05, 0.1) is 0 Å². The molecule has 0 bridgehead atoms. The average Bonchev–Trinajstić information content (AvgIpc) is 2.42. The van der Waals surface area contributed by atoms with Crippen molar-refractivity contribution in [2.45, 2.75) is 76.3 Å². The fourth-order valence-corrected chi connectivity index (χ4v) is 3.80. The summed E-state index contributed by atoms with van der Waals surface area (Å²) in [5.74, 6) is 0. The Hall–Kier alpha value is -0.500. The van der Waals surface area contributed by atoms with Gasteiger partial charge in [-0.15, -0.1) is 0 Å². The first-order valence-electron chi connectivity index (χ1n) is 7.35. The molecule has 0 aromatic heterocycles. The topological polar surface area (TPSA) is 49.4 Å². The summed E-state index contributed by atoms with van der Waals surface area (Å²) in [6, 6.07) is 0.442. The van der Waals surface area contributed by atoms with Crippen LogP contribution in [0.1, 0.15) is 64.2 Å². The number of carbonyl (C=O) groups excluding carboxylic acids is 1. The van der Waals surface area contributed by atoms with Gasteiger partial charge in [0.1, 0.15) is 0 Å². The van der Waals surface area contributed by atoms with Crippen LogP contribution >= 0.6 is 8.61 Å². The fourth-order valence-electron chi connectivity index (χ4n) is 3.16. The first-order chi connectivity index (χ1) is 8.81. The smallest absolute Gasteiger partial charge is 0.323 e. The fraction of sp³-hybridized carbons (Fsp3) is 0.923. The number of amides is 2. The second kappa shape index (κ2) is 7.18. The number of hydrogen-bond donors (Lipinski definition) is 1. The second-order valence-corrected chi connectivity index (χ2v) is 6.36. The van der Waals surface area contributed by atoms with Gasteiger partial charge >= 0.3 is 6.03 Å². The van der Waals surface area contributed by atoms with Gasteiger partial charge in [-0.2, -0.15) is 0 Å². The molecule has 4 nitrogen and oxygen atoms in total. The van der Waals surface area contributed by atoms with Crippen LogP contribution in [0.25, 0.3) is 0 Å². The third-order valence-corrected chi connectivity index (χ3v) is 5.13. The Morgan fingerprint density at radius 1 is 0.944 bits per heavy atom. The van der Waals surface area contributed by atoms with Crippen molar-refractivity contribution < 1.29 is 9.36 Å². The summed E-state index contributed by atoms with van der Waals surface area (Å²) in [6.45, 7) is 0. The van der Waals surface area contributed by atoms with Crippen LogP contribution in [-0.2, 0) is 4.57 Å². The van der Waals surface area contributed by atoms with Gasteiger partial charge in [0.2, 0.25) is 0 Å². The molecule has 18 heavy (non-hydrogen) atoms. The van der Waals surface area contributed by atoms with Crippen molar-refractivity contribution in [2.75, 3.05) is 0 Å². The second-order valence-electron chi connectivity index (χ2n) is 5.59. The van der Waals surface area contributed by atoms with E-state index in [1.807, 2.05) is 0 Å². The Morgan fingerprint density at radius 3 is 2.06 bits per heavy atom. The lowest BCUT2D eigenvalue weighted by Gasteiger charge is -2.32. The maximum atomic E-state index is 12.2. The zero-order chi connectivity index (χ0) is 12.8. The number of hydrogen-bond acceptors (Lipinski definition) is 2. The van der Waals surface area contributed by atoms with Crippen molar-refractivity contribution in [3.63, 3.8) is 0 Å². The first kappa shape index (κ1) is 13.9. The Balaban J connectivity index is 1.85. The highest BCUT2D eigenvalue weighted by Gasteiger charge is 2.26. The highest BCUT2D eigenvalue weighted by molar-refractivity contribution is 7.21. The van der Waals surface area contributed by atoms with Gasteiger partial charge in [0.25, 0.3) is 0 Å². The van der Waals surface area contributed by atoms with Crippen LogP contribution in [0.4, 0.5) is 4.79 Å². The minimum absolute atomic E-state index is 0.0844. The Labute approximate surface area is 111 Å². The van der Waals surface area contributed by atoms with E-state index in [0.29, 0.717) is 6.04 Å². The highest BCUT2D eigenvalue weighted by atomic mass is 31.1. The van der Waals surface area contributed by atoms with Crippen molar-refractivity contribution in [3.05, 3.63) is 0 Å². The van der Waals surface area contributed by atoms with E-state index in [2.05, 4.69) is 5.32 Å². The van der Waals surface area contributed by atoms with E-state index in [9.17, 15) is 9.36 Å². The summed E-state index contributed by atoms with van der Waals surface area (Å²) < 4.78 is 13.0. The minimum atomic E-state index is -1.14. The molecule has 2 amide bonds. The van der Waals surface area contributed by atoms with Gasteiger partial charge < -0.3 is 9.88 Å². The first-order valence-corrected chi connectivity index (χ1v) is 8.34. The zero-order valence-electron chi connectivity index (χ0n) is 11.1. The molecule has 2 rings (SSSR count). The van der Waals surface area contributed by atoms with Crippen LogP contribution in [0.2, 0.25) is 0 Å². The van der Waals surface area contributed by atoms with Gasteiger partial charge in [0.15, 0.2) is 8.61 Å². The number of carbonyl (C=O) groups is 1. The molecule has 2 saturated carbocycles. The average molecular weight is 272 g/mol. The normalized spacial score (nSPS) is 23.3. The molecular weight excluding hydrogens is 247 g/mol. The molecule has 2 fully saturated rings. The Kier molecular flexibility index (Phi) is 5.55. The van der Waals surface area contributed by atoms with E-state index in [1.54, 1.807) is 4.67 Å². The highest BCUT2D eigenvalue weighted by Crippen LogP contribution is 2.27. The van der Waals surface area contributed by atoms with E-state index in [1.165, 1.54) is 25.7 Å². The molecule has 104 valence electrons. The summed E-state index contributed by atoms with van der Waals surface area (Å²) in [5, 5.41) is 3.07. The predicted molar refractivity (Wildman–Crippen MR) is 74.5 cm³/mol. The Bertz CT molecular complexity index is 287. The van der Waals surface area contributed by atoms with Gasteiger partial charge in [0, 0.05) is 12.1 Å². The van der Waals surface area contributed by atoms with Crippen LogP contribution in [0.3, 0.4) is 0 Å². The molecule has 0 spiro atoms. The molecule has 1 N–H and O–H groups in total. The number of rotatable bonds is 3. The van der Waals surface area contributed by atoms with Gasteiger partial charge in [-0.05, 0) is 25.7 Å². The van der Waals surface area contributed by atoms with Gasteiger partial charge in [-0.1, -0.05) is 38.5 Å². The summed E-state index contributed by atoms with van der Waals surface area (Å²) >= 11 is 0. The zero-order valence-corrected chi connectivity index (χ0v) is 12.2. The molecule has 1 atom stereocenters. The standard InChI is InChI=1S/C13H25N2O2P/c16-13(14-11-7-3-1-4-8-11)15(18-17)12-9-5-2-6-10-12/h11-12H,1-10,18H2,(H,14,16). The number of nitrogens with zero attached hydrogens (tertiary/aromatic N) is 1. The lowest BCUT2D eigenvalue weighted by atomic mass is 9.95. The van der Waals surface area contributed by atoms with E-state index >= 15 is 0 Å². The molecule has 0 aliphatic heterocycles. The van der Waals surface area contributed by atoms with E-state index in [4.69, 9.17) is 0 Å². The molecule has 2 aliphatic carbocycles. The molecule has 0 aromatic carbocycles.